The lowest BCUT2D eigenvalue weighted by molar-refractivity contribution is 0.0282. The molecular formula is C32H21BrN2O3. The molecule has 0 aliphatic rings. The van der Waals surface area contributed by atoms with Crippen molar-refractivity contribution in [1.29, 1.82) is 0 Å². The van der Waals surface area contributed by atoms with Gasteiger partial charge in [-0.15, -0.1) is 0 Å². The fourth-order valence-corrected chi connectivity index (χ4v) is 5.03. The standard InChI is InChI=1S/C32H21BrN2O3/c33-22-12-8-11-21(17-22)29-18-25(23-13-5-7-16-28(23)35-29)32(37)38-31(20-9-2-1-3-10-20)30(36)26-19-34-27-15-6-4-14-24(26)27/h1-19,31,34H. The van der Waals surface area contributed by atoms with Crippen molar-refractivity contribution in [1.82, 2.24) is 9.97 Å². The Balaban J connectivity index is 1.44. The number of halogens is 1. The highest BCUT2D eigenvalue weighted by Gasteiger charge is 2.29. The van der Waals surface area contributed by atoms with Crippen LogP contribution in [-0.2, 0) is 4.74 Å². The lowest BCUT2D eigenvalue weighted by Gasteiger charge is -2.18. The molecule has 2 heterocycles. The first-order chi connectivity index (χ1) is 18.6. The van der Waals surface area contributed by atoms with E-state index in [1.165, 1.54) is 0 Å². The lowest BCUT2D eigenvalue weighted by Crippen LogP contribution is -2.20. The van der Waals surface area contributed by atoms with Gasteiger partial charge in [0.1, 0.15) is 0 Å². The predicted octanol–water partition coefficient (Wildman–Crippen LogP) is 7.93. The van der Waals surface area contributed by atoms with Crippen LogP contribution < -0.4 is 0 Å². The maximum atomic E-state index is 13.9. The molecule has 6 aromatic rings. The van der Waals surface area contributed by atoms with Gasteiger partial charge in [0.25, 0.3) is 0 Å². The summed E-state index contributed by atoms with van der Waals surface area (Å²) in [7, 11) is 0. The highest BCUT2D eigenvalue weighted by atomic mass is 79.9. The summed E-state index contributed by atoms with van der Waals surface area (Å²) in [4.78, 5) is 35.6. The van der Waals surface area contributed by atoms with Crippen LogP contribution in [0.3, 0.4) is 0 Å². The Morgan fingerprint density at radius 1 is 0.763 bits per heavy atom. The van der Waals surface area contributed by atoms with E-state index >= 15 is 0 Å². The third-order valence-corrected chi connectivity index (χ3v) is 6.97. The molecule has 5 nitrogen and oxygen atoms in total. The summed E-state index contributed by atoms with van der Waals surface area (Å²) in [5.41, 5.74) is 4.41. The molecule has 184 valence electrons. The zero-order chi connectivity index (χ0) is 26.1. The van der Waals surface area contributed by atoms with E-state index in [2.05, 4.69) is 20.9 Å². The van der Waals surface area contributed by atoms with Gasteiger partial charge in [0, 0.05) is 43.6 Å². The first kappa shape index (κ1) is 23.8. The largest absolute Gasteiger partial charge is 0.445 e. The summed E-state index contributed by atoms with van der Waals surface area (Å²) in [6.45, 7) is 0. The van der Waals surface area contributed by atoms with Crippen molar-refractivity contribution in [3.05, 3.63) is 137 Å². The second-order valence-electron chi connectivity index (χ2n) is 8.89. The zero-order valence-electron chi connectivity index (χ0n) is 20.1. The van der Waals surface area contributed by atoms with Crippen molar-refractivity contribution in [3.8, 4) is 11.3 Å². The number of ketones is 1. The highest BCUT2D eigenvalue weighted by molar-refractivity contribution is 9.10. The normalized spacial score (nSPS) is 11.9. The van der Waals surface area contributed by atoms with Gasteiger partial charge in [-0.25, -0.2) is 9.78 Å². The number of aromatic amines is 1. The number of fused-ring (bicyclic) bond motifs is 2. The molecule has 6 heteroatoms. The number of para-hydroxylation sites is 2. The van der Waals surface area contributed by atoms with E-state index in [9.17, 15) is 9.59 Å². The van der Waals surface area contributed by atoms with E-state index in [0.29, 0.717) is 33.3 Å². The van der Waals surface area contributed by atoms with E-state index in [1.54, 1.807) is 24.4 Å². The average Bonchev–Trinajstić information content (AvgIpc) is 3.39. The monoisotopic (exact) mass is 560 g/mol. The third-order valence-electron chi connectivity index (χ3n) is 6.48. The number of rotatable bonds is 6. The molecule has 0 amide bonds. The molecule has 1 unspecified atom stereocenters. The molecule has 0 spiro atoms. The fourth-order valence-electron chi connectivity index (χ4n) is 4.63. The molecule has 0 saturated heterocycles. The molecule has 1 atom stereocenters. The van der Waals surface area contributed by atoms with Crippen molar-refractivity contribution in [2.45, 2.75) is 6.10 Å². The Morgan fingerprint density at radius 2 is 1.50 bits per heavy atom. The van der Waals surface area contributed by atoms with Gasteiger partial charge in [-0.05, 0) is 30.3 Å². The van der Waals surface area contributed by atoms with Crippen LogP contribution in [0.5, 0.6) is 0 Å². The number of hydrogen-bond acceptors (Lipinski definition) is 4. The minimum Gasteiger partial charge on any atom is -0.445 e. The Hall–Kier alpha value is -4.55. The molecule has 1 N–H and O–H groups in total. The third kappa shape index (κ3) is 4.51. The summed E-state index contributed by atoms with van der Waals surface area (Å²) >= 11 is 3.51. The maximum absolute atomic E-state index is 13.9. The summed E-state index contributed by atoms with van der Waals surface area (Å²) < 4.78 is 6.95. The summed E-state index contributed by atoms with van der Waals surface area (Å²) in [6.07, 6.45) is 0.549. The molecular weight excluding hydrogens is 540 g/mol. The van der Waals surface area contributed by atoms with Crippen LogP contribution in [0.25, 0.3) is 33.1 Å². The predicted molar refractivity (Wildman–Crippen MR) is 152 cm³/mol. The van der Waals surface area contributed by atoms with Gasteiger partial charge in [0.05, 0.1) is 16.8 Å². The average molecular weight is 561 g/mol. The molecule has 0 aliphatic carbocycles. The SMILES string of the molecule is O=C(OC(C(=O)c1c[nH]c2ccccc12)c1ccccc1)c1cc(-c2cccc(Br)c2)nc2ccccc12. The quantitative estimate of drug-likeness (QED) is 0.166. The molecule has 0 saturated carbocycles. The maximum Gasteiger partial charge on any atom is 0.339 e. The minimum atomic E-state index is -1.12. The van der Waals surface area contributed by atoms with Crippen molar-refractivity contribution < 1.29 is 14.3 Å². The van der Waals surface area contributed by atoms with Gasteiger partial charge in [0.15, 0.2) is 6.10 Å². The number of nitrogens with one attached hydrogen (secondary N) is 1. The number of esters is 1. The number of H-pyrrole nitrogens is 1. The van der Waals surface area contributed by atoms with E-state index in [0.717, 1.165) is 20.9 Å². The molecule has 6 rings (SSSR count). The van der Waals surface area contributed by atoms with Crippen LogP contribution in [0.15, 0.2) is 120 Å². The Bertz CT molecular complexity index is 1810. The number of carbonyl (C=O) groups excluding carboxylic acids is 2. The second kappa shape index (κ2) is 10.1. The molecule has 38 heavy (non-hydrogen) atoms. The van der Waals surface area contributed by atoms with E-state index < -0.39 is 12.1 Å². The molecule has 0 radical (unpaired) electrons. The number of carbonyl (C=O) groups is 2. The minimum absolute atomic E-state index is 0.299. The van der Waals surface area contributed by atoms with Crippen molar-refractivity contribution in [2.24, 2.45) is 0 Å². The van der Waals surface area contributed by atoms with Gasteiger partial charge < -0.3 is 9.72 Å². The molecule has 0 aliphatic heterocycles. The second-order valence-corrected chi connectivity index (χ2v) is 9.81. The van der Waals surface area contributed by atoms with E-state index in [-0.39, 0.29) is 5.78 Å². The Morgan fingerprint density at radius 3 is 2.32 bits per heavy atom. The first-order valence-electron chi connectivity index (χ1n) is 12.1. The van der Waals surface area contributed by atoms with Crippen LogP contribution in [0.2, 0.25) is 0 Å². The molecule has 4 aromatic carbocycles. The highest BCUT2D eigenvalue weighted by Crippen LogP contribution is 2.31. The fraction of sp³-hybridized carbons (Fsp3) is 0.0312. The van der Waals surface area contributed by atoms with Gasteiger partial charge in [-0.2, -0.15) is 0 Å². The number of hydrogen-bond donors (Lipinski definition) is 1. The van der Waals surface area contributed by atoms with Crippen molar-refractivity contribution in [2.75, 3.05) is 0 Å². The summed E-state index contributed by atoms with van der Waals surface area (Å²) in [5.74, 6) is -0.894. The first-order valence-corrected chi connectivity index (χ1v) is 12.9. The Kier molecular flexibility index (Phi) is 6.32. The number of pyridine rings is 1. The number of ether oxygens (including phenoxy) is 1. The van der Waals surface area contributed by atoms with Crippen LogP contribution in [0.4, 0.5) is 0 Å². The summed E-state index contributed by atoms with van der Waals surface area (Å²) in [6, 6.07) is 33.5. The van der Waals surface area contributed by atoms with Crippen LogP contribution in [0, 0.1) is 0 Å². The lowest BCUT2D eigenvalue weighted by atomic mass is 9.99. The van der Waals surface area contributed by atoms with Crippen LogP contribution in [-0.4, -0.2) is 21.7 Å². The smallest absolute Gasteiger partial charge is 0.339 e. The molecule has 0 fully saturated rings. The van der Waals surface area contributed by atoms with Gasteiger partial charge >= 0.3 is 5.97 Å². The number of Topliss-reactive ketones (excluding diaryl/α,β-unsaturated/α-hetero) is 1. The van der Waals surface area contributed by atoms with Gasteiger partial charge in [-0.3, -0.25) is 4.79 Å². The van der Waals surface area contributed by atoms with Gasteiger partial charge in [0.2, 0.25) is 5.78 Å². The molecule has 2 aromatic heterocycles. The van der Waals surface area contributed by atoms with Gasteiger partial charge in [-0.1, -0.05) is 94.8 Å². The van der Waals surface area contributed by atoms with Crippen molar-refractivity contribution in [3.63, 3.8) is 0 Å². The number of nitrogens with zero attached hydrogens (tertiary/aromatic N) is 1. The summed E-state index contributed by atoms with van der Waals surface area (Å²) in [5, 5.41) is 1.43. The van der Waals surface area contributed by atoms with E-state index in [4.69, 9.17) is 9.72 Å². The van der Waals surface area contributed by atoms with Crippen LogP contribution >= 0.6 is 15.9 Å². The number of aromatic nitrogens is 2. The van der Waals surface area contributed by atoms with Crippen LogP contribution in [0.1, 0.15) is 32.4 Å². The van der Waals surface area contributed by atoms with E-state index in [1.807, 2.05) is 91.0 Å². The zero-order valence-corrected chi connectivity index (χ0v) is 21.7. The number of benzene rings is 4. The topological polar surface area (TPSA) is 72.1 Å². The molecule has 0 bridgehead atoms. The van der Waals surface area contributed by atoms with Crippen molar-refractivity contribution >= 4 is 49.5 Å². The Labute approximate surface area is 227 Å².